The van der Waals surface area contributed by atoms with E-state index in [9.17, 15) is 19.5 Å². The number of carbonyl (C=O) groups excluding carboxylic acids is 1. The Morgan fingerprint density at radius 2 is 2.00 bits per heavy atom. The molecule has 0 atom stereocenters. The van der Waals surface area contributed by atoms with E-state index in [2.05, 4.69) is 22.2 Å². The summed E-state index contributed by atoms with van der Waals surface area (Å²) in [5.74, 6) is -0.483. The zero-order valence-corrected chi connectivity index (χ0v) is 17.9. The number of amides is 1. The van der Waals surface area contributed by atoms with Crippen LogP contribution >= 0.6 is 0 Å². The van der Waals surface area contributed by atoms with Gasteiger partial charge in [-0.05, 0) is 30.6 Å². The summed E-state index contributed by atoms with van der Waals surface area (Å²) in [7, 11) is 0. The molecule has 31 heavy (non-hydrogen) atoms. The van der Waals surface area contributed by atoms with Crippen LogP contribution in [0.1, 0.15) is 51.5 Å². The molecule has 8 heteroatoms. The minimum absolute atomic E-state index is 0.00123. The highest BCUT2D eigenvalue weighted by Gasteiger charge is 2.17. The lowest BCUT2D eigenvalue weighted by atomic mass is 10.1. The Hall–Kier alpha value is -3.42. The molecular weight excluding hydrogens is 396 g/mol. The Kier molecular flexibility index (Phi) is 7.23. The normalized spacial score (nSPS) is 13.9. The van der Waals surface area contributed by atoms with E-state index < -0.39 is 11.2 Å². The smallest absolute Gasteiger partial charge is 0.331 e. The molecule has 0 unspecified atom stereocenters. The van der Waals surface area contributed by atoms with Crippen molar-refractivity contribution >= 4 is 17.6 Å². The zero-order valence-electron chi connectivity index (χ0n) is 17.9. The molecule has 1 aromatic heterocycles. The molecule has 3 N–H and O–H groups in total. The quantitative estimate of drug-likeness (QED) is 0.524. The largest absolute Gasteiger partial charge is 0.494 e. The second kappa shape index (κ2) is 10.1. The van der Waals surface area contributed by atoms with E-state index in [1.807, 2.05) is 24.3 Å². The second-order valence-electron chi connectivity index (χ2n) is 7.58. The number of aromatic amines is 1. The predicted octanol–water partition coefficient (Wildman–Crippen LogP) is 1.17. The van der Waals surface area contributed by atoms with Gasteiger partial charge in [-0.3, -0.25) is 19.1 Å². The van der Waals surface area contributed by atoms with Crippen LogP contribution in [0.15, 0.2) is 44.5 Å². The van der Waals surface area contributed by atoms with Crippen molar-refractivity contribution < 1.29 is 9.90 Å². The maximum absolute atomic E-state index is 12.5. The third kappa shape index (κ3) is 5.20. The molecule has 0 bridgehead atoms. The number of fused-ring (bicyclic) bond motifs is 1. The van der Waals surface area contributed by atoms with Crippen molar-refractivity contribution in [3.8, 4) is 5.88 Å². The summed E-state index contributed by atoms with van der Waals surface area (Å²) < 4.78 is 1.20. The lowest BCUT2D eigenvalue weighted by molar-refractivity contribution is -0.118. The van der Waals surface area contributed by atoms with Crippen LogP contribution in [0, 0.1) is 0 Å². The number of hydrogen-bond acceptors (Lipinski definition) is 5. The molecule has 0 saturated carbocycles. The Morgan fingerprint density at radius 1 is 1.23 bits per heavy atom. The fourth-order valence-corrected chi connectivity index (χ4v) is 3.65. The van der Waals surface area contributed by atoms with Gasteiger partial charge in [0, 0.05) is 25.2 Å². The lowest BCUT2D eigenvalue weighted by Crippen LogP contribution is -2.31. The topological polar surface area (TPSA) is 117 Å². The molecule has 0 radical (unpaired) electrons. The number of allylic oxidation sites excluding steroid dienone is 1. The summed E-state index contributed by atoms with van der Waals surface area (Å²) in [6.45, 7) is 4.30. The average molecular weight is 425 g/mol. The Morgan fingerprint density at radius 3 is 2.74 bits per heavy atom. The molecule has 0 saturated heterocycles. The van der Waals surface area contributed by atoms with Crippen LogP contribution < -0.4 is 27.1 Å². The van der Waals surface area contributed by atoms with Gasteiger partial charge in [-0.2, -0.15) is 0 Å². The van der Waals surface area contributed by atoms with Crippen molar-refractivity contribution in [2.75, 3.05) is 6.54 Å². The molecule has 3 rings (SSSR count). The van der Waals surface area contributed by atoms with Gasteiger partial charge in [-0.25, -0.2) is 9.79 Å². The van der Waals surface area contributed by atoms with Crippen molar-refractivity contribution in [3.05, 3.63) is 66.9 Å². The summed E-state index contributed by atoms with van der Waals surface area (Å²) in [5, 5.41) is 15.2. The average Bonchev–Trinajstić information content (AvgIpc) is 3.07. The van der Waals surface area contributed by atoms with Crippen molar-refractivity contribution in [1.29, 1.82) is 0 Å². The summed E-state index contributed by atoms with van der Waals surface area (Å²) in [6.07, 6.45) is 5.79. The molecule has 0 fully saturated rings. The minimum Gasteiger partial charge on any atom is -0.494 e. The van der Waals surface area contributed by atoms with E-state index in [1.165, 1.54) is 17.6 Å². The van der Waals surface area contributed by atoms with E-state index >= 15 is 0 Å². The summed E-state index contributed by atoms with van der Waals surface area (Å²) in [6, 6.07) is 7.57. The van der Waals surface area contributed by atoms with Crippen LogP contribution in [0.3, 0.4) is 0 Å². The van der Waals surface area contributed by atoms with E-state index in [0.29, 0.717) is 25.2 Å². The Labute approximate surface area is 179 Å². The fraction of sp³-hybridized carbons (Fsp3) is 0.391. The summed E-state index contributed by atoms with van der Waals surface area (Å²) in [5.41, 5.74) is 0.112. The number of unbranched alkanes of at least 4 members (excludes halogenated alkanes) is 3. The van der Waals surface area contributed by atoms with Crippen LogP contribution in [0.4, 0.5) is 0 Å². The van der Waals surface area contributed by atoms with Gasteiger partial charge in [0.15, 0.2) is 0 Å². The van der Waals surface area contributed by atoms with Crippen LogP contribution in [-0.2, 0) is 11.3 Å². The number of nitrogens with zero attached hydrogens (tertiary/aromatic N) is 2. The number of carbonyl (C=O) groups is 1. The van der Waals surface area contributed by atoms with Crippen molar-refractivity contribution in [3.63, 3.8) is 0 Å². The molecule has 1 aliphatic heterocycles. The molecule has 2 aromatic rings. The fourth-order valence-electron chi connectivity index (χ4n) is 3.65. The van der Waals surface area contributed by atoms with Crippen molar-refractivity contribution in [2.45, 2.75) is 52.5 Å². The molecule has 2 heterocycles. The van der Waals surface area contributed by atoms with Gasteiger partial charge in [-0.1, -0.05) is 44.4 Å². The first-order valence-electron chi connectivity index (χ1n) is 10.6. The van der Waals surface area contributed by atoms with E-state index in [-0.39, 0.29) is 17.4 Å². The number of nitrogens with one attached hydrogen (secondary N) is 2. The number of rotatable bonds is 9. The molecule has 1 aliphatic rings. The molecule has 164 valence electrons. The number of aromatic hydroxyl groups is 1. The zero-order chi connectivity index (χ0) is 22.4. The van der Waals surface area contributed by atoms with Crippen LogP contribution in [0.5, 0.6) is 5.88 Å². The van der Waals surface area contributed by atoms with Gasteiger partial charge in [0.05, 0.1) is 11.1 Å². The second-order valence-corrected chi connectivity index (χ2v) is 7.58. The number of H-pyrrole nitrogens is 1. The standard InChI is InChI=1S/C23H28N4O4/c1-3-4-5-8-13-27-22(30)18(21(29)26-23(27)31)14-20-17(11-12-24-15(2)28)16-9-6-7-10-19(16)25-20/h6-7,9-10,14,30H,3-5,8,11-13H2,1-2H3,(H,24,28)(H,26,29,31)/b20-14-. The van der Waals surface area contributed by atoms with Gasteiger partial charge in [0.2, 0.25) is 11.8 Å². The van der Waals surface area contributed by atoms with Crippen molar-refractivity contribution in [1.82, 2.24) is 14.9 Å². The van der Waals surface area contributed by atoms with Crippen LogP contribution in [-0.4, -0.2) is 27.1 Å². The Bertz CT molecular complexity index is 1240. The first kappa shape index (κ1) is 22.3. The number of hydrogen-bond donors (Lipinski definition) is 3. The first-order chi connectivity index (χ1) is 14.9. The summed E-state index contributed by atoms with van der Waals surface area (Å²) in [4.78, 5) is 42.9. The maximum Gasteiger partial charge on any atom is 0.331 e. The van der Waals surface area contributed by atoms with Crippen LogP contribution in [0.2, 0.25) is 0 Å². The third-order valence-electron chi connectivity index (χ3n) is 5.25. The molecular formula is C23H28N4O4. The lowest BCUT2D eigenvalue weighted by Gasteiger charge is -2.10. The molecule has 1 amide bonds. The van der Waals surface area contributed by atoms with E-state index in [4.69, 9.17) is 0 Å². The summed E-state index contributed by atoms with van der Waals surface area (Å²) >= 11 is 0. The number of para-hydroxylation sites is 1. The number of aromatic nitrogens is 2. The molecule has 0 aliphatic carbocycles. The van der Waals surface area contributed by atoms with Gasteiger partial charge in [-0.15, -0.1) is 0 Å². The van der Waals surface area contributed by atoms with Gasteiger partial charge >= 0.3 is 5.69 Å². The van der Waals surface area contributed by atoms with E-state index in [1.54, 1.807) is 0 Å². The molecule has 8 nitrogen and oxygen atoms in total. The molecule has 1 aromatic carbocycles. The van der Waals surface area contributed by atoms with Crippen LogP contribution in [0.25, 0.3) is 11.6 Å². The third-order valence-corrected chi connectivity index (χ3v) is 5.25. The molecule has 0 spiro atoms. The first-order valence-corrected chi connectivity index (χ1v) is 10.6. The minimum atomic E-state index is -0.660. The number of benzene rings is 1. The van der Waals surface area contributed by atoms with Gasteiger partial charge in [0.25, 0.3) is 5.56 Å². The van der Waals surface area contributed by atoms with Crippen molar-refractivity contribution in [2.24, 2.45) is 4.99 Å². The monoisotopic (exact) mass is 424 g/mol. The predicted molar refractivity (Wildman–Crippen MR) is 119 cm³/mol. The Balaban J connectivity index is 2.01. The highest BCUT2D eigenvalue weighted by atomic mass is 16.3. The maximum atomic E-state index is 12.5. The SMILES string of the molecule is CCCCCCn1c(O)c(/C=C2\N=c3ccccc3=C2CCNC(C)=O)c(=O)[nH]c1=O. The highest BCUT2D eigenvalue weighted by Crippen LogP contribution is 2.23. The van der Waals surface area contributed by atoms with E-state index in [0.717, 1.165) is 41.8 Å². The van der Waals surface area contributed by atoms with Gasteiger partial charge in [0.1, 0.15) is 5.56 Å². The van der Waals surface area contributed by atoms with Gasteiger partial charge < -0.3 is 10.4 Å². The highest BCUT2D eigenvalue weighted by molar-refractivity contribution is 5.77.